The third kappa shape index (κ3) is 7.94. The van der Waals surface area contributed by atoms with E-state index in [-0.39, 0.29) is 0 Å². The number of benzene rings is 14. The maximum Gasteiger partial charge on any atom is -0.0000251 e. The van der Waals surface area contributed by atoms with Crippen LogP contribution in [0.3, 0.4) is 0 Å². The quantitative estimate of drug-likeness (QED) is 0.0321. The van der Waals surface area contributed by atoms with Crippen LogP contribution < -0.4 is 0 Å². The Hall–Kier alpha value is -6.50. The number of unbranched alkanes of at least 4 members (excludes halogenated alkanes) is 18. The Balaban J connectivity index is 1.07. The maximum atomic E-state index is 2.59. The monoisotopic (exact) mass is 1040 g/mol. The molecule has 0 amide bonds. The van der Waals surface area contributed by atoms with Gasteiger partial charge in [0.15, 0.2) is 0 Å². The molecule has 0 aliphatic rings. The molecule has 0 saturated heterocycles. The van der Waals surface area contributed by atoms with Gasteiger partial charge in [0.25, 0.3) is 0 Å². The Morgan fingerprint density at radius 2 is 0.487 bits per heavy atom. The Morgan fingerprint density at radius 3 is 0.825 bits per heavy atom. The summed E-state index contributed by atoms with van der Waals surface area (Å²) >= 11 is 0. The number of hydrogen-bond donors (Lipinski definition) is 0. The SMILES string of the molecule is CCCCCCCCCCCCc1ccc2c3ccc4ccc5c(-c6c(C)cc(C)cc6C)c6c(CCCCCCCCCCCC)ccc7c8ccc9ccc%10c(-c%11c(C)cc(C)cc%11C)c1c2c1c%10c9c8c2c(c67)c5c4c3c12. The Labute approximate surface area is 476 Å². The van der Waals surface area contributed by atoms with E-state index in [0.29, 0.717) is 0 Å². The molecule has 0 aromatic heterocycles. The predicted octanol–water partition coefficient (Wildman–Crippen LogP) is 25.1. The van der Waals surface area contributed by atoms with Gasteiger partial charge in [-0.15, -0.1) is 0 Å². The smallest absolute Gasteiger partial charge is 0.0000251 e. The maximum absolute atomic E-state index is 2.59. The van der Waals surface area contributed by atoms with Gasteiger partial charge in [-0.2, -0.15) is 0 Å². The van der Waals surface area contributed by atoms with E-state index in [2.05, 4.69) is 152 Å². The highest BCUT2D eigenvalue weighted by Crippen LogP contribution is 2.62. The number of aryl methyl sites for hydroxylation is 8. The Bertz CT molecular complexity index is 4220. The molecular weight excluding hydrogens is 961 g/mol. The van der Waals surface area contributed by atoms with Gasteiger partial charge in [0.2, 0.25) is 0 Å². The first-order valence-electron chi connectivity index (χ1n) is 32.1. The fourth-order valence-corrected chi connectivity index (χ4v) is 17.0. The second-order valence-corrected chi connectivity index (χ2v) is 25.9. The summed E-state index contributed by atoms with van der Waals surface area (Å²) in [5.41, 5.74) is 17.1. The minimum Gasteiger partial charge on any atom is -0.0654 e. The van der Waals surface area contributed by atoms with E-state index in [4.69, 9.17) is 0 Å². The van der Waals surface area contributed by atoms with E-state index in [9.17, 15) is 0 Å². The lowest BCUT2D eigenvalue weighted by Crippen LogP contribution is -2.04. The van der Waals surface area contributed by atoms with Gasteiger partial charge >= 0.3 is 0 Å². The molecule has 0 bridgehead atoms. The highest BCUT2D eigenvalue weighted by atomic mass is 14.4. The number of fused-ring (bicyclic) bond motifs is 2. The van der Waals surface area contributed by atoms with Crippen molar-refractivity contribution in [3.8, 4) is 22.3 Å². The van der Waals surface area contributed by atoms with Crippen LogP contribution in [0.15, 0.2) is 97.1 Å². The van der Waals surface area contributed by atoms with Crippen LogP contribution in [-0.2, 0) is 12.8 Å². The zero-order valence-corrected chi connectivity index (χ0v) is 49.8. The molecule has 0 saturated carbocycles. The molecule has 0 N–H and O–H groups in total. The molecule has 0 heterocycles. The van der Waals surface area contributed by atoms with E-state index in [1.54, 1.807) is 0 Å². The van der Waals surface area contributed by atoms with Crippen molar-refractivity contribution < 1.29 is 0 Å². The molecule has 404 valence electrons. The molecule has 14 aromatic rings. The van der Waals surface area contributed by atoms with Crippen LogP contribution in [-0.4, -0.2) is 0 Å². The minimum absolute atomic E-state index is 1.11. The second-order valence-electron chi connectivity index (χ2n) is 25.9. The van der Waals surface area contributed by atoms with Gasteiger partial charge in [0.05, 0.1) is 0 Å². The van der Waals surface area contributed by atoms with Crippen molar-refractivity contribution in [3.05, 3.63) is 142 Å². The van der Waals surface area contributed by atoms with Crippen LogP contribution in [0.1, 0.15) is 187 Å². The summed E-state index contributed by atoms with van der Waals surface area (Å²) in [5.74, 6) is 0. The van der Waals surface area contributed by atoms with E-state index in [1.807, 2.05) is 0 Å². The Kier molecular flexibility index (Phi) is 13.4. The van der Waals surface area contributed by atoms with Gasteiger partial charge in [0.1, 0.15) is 0 Å². The molecule has 0 nitrogen and oxygen atoms in total. The molecule has 0 fully saturated rings. The first-order valence-corrected chi connectivity index (χ1v) is 32.1. The van der Waals surface area contributed by atoms with E-state index >= 15 is 0 Å². The zero-order chi connectivity index (χ0) is 54.5. The van der Waals surface area contributed by atoms with Crippen molar-refractivity contribution in [1.29, 1.82) is 0 Å². The zero-order valence-electron chi connectivity index (χ0n) is 49.8. The first kappa shape index (κ1) is 51.6. The normalized spacial score (nSPS) is 12.8. The lowest BCUT2D eigenvalue weighted by atomic mass is 9.71. The fraction of sp³-hybridized carbons (Fsp3) is 0.375. The van der Waals surface area contributed by atoms with Crippen LogP contribution in [0.4, 0.5) is 0 Å². The van der Waals surface area contributed by atoms with Crippen LogP contribution >= 0.6 is 0 Å². The lowest BCUT2D eigenvalue weighted by Gasteiger charge is -2.31. The van der Waals surface area contributed by atoms with Gasteiger partial charge in [-0.05, 0) is 241 Å². The minimum atomic E-state index is 1.11. The van der Waals surface area contributed by atoms with Gasteiger partial charge in [0, 0.05) is 0 Å². The van der Waals surface area contributed by atoms with Crippen LogP contribution in [0.5, 0.6) is 0 Å². The Morgan fingerprint density at radius 1 is 0.225 bits per heavy atom. The molecule has 0 aliphatic carbocycles. The molecule has 14 aromatic carbocycles. The lowest BCUT2D eigenvalue weighted by molar-refractivity contribution is 0.556. The summed E-state index contributed by atoms with van der Waals surface area (Å²) in [4.78, 5) is 0. The average molecular weight is 1050 g/mol. The highest BCUT2D eigenvalue weighted by Gasteiger charge is 2.34. The molecule has 0 aliphatic heterocycles. The van der Waals surface area contributed by atoms with Gasteiger partial charge in [-0.25, -0.2) is 0 Å². The standard InChI is InChI=1S/C80H84/c1-9-11-13-15-17-19-21-23-25-27-29-53-31-37-57-59-39-33-56-36-42-62-74(64-51(7)45-48(4)46-52(64)8)66-54(30-28-26-24-22-20-18-16-14-12-10-2)32-38-58-60-40-34-55-35-41-61-73(63-49(5)43-47(3)44-50(63)6)65(53)69(57)77-75(61)67(55)72(60)80-78(70(58)66)76(62)68(56)71(59)79(77)80/h31-46H,9-30H2,1-8H3. The summed E-state index contributed by atoms with van der Waals surface area (Å²) in [6, 6.07) is 40.3. The molecule has 0 heteroatoms. The molecule has 14 rings (SSSR count). The van der Waals surface area contributed by atoms with Crippen molar-refractivity contribution in [2.24, 2.45) is 0 Å². The van der Waals surface area contributed by atoms with Gasteiger partial charge in [-0.3, -0.25) is 0 Å². The summed E-state index contributed by atoms with van der Waals surface area (Å²) in [6.07, 6.45) is 29.3. The van der Waals surface area contributed by atoms with Crippen LogP contribution in [0.2, 0.25) is 0 Å². The van der Waals surface area contributed by atoms with E-state index < -0.39 is 0 Å². The van der Waals surface area contributed by atoms with Crippen LogP contribution in [0, 0.1) is 41.5 Å². The van der Waals surface area contributed by atoms with Gasteiger partial charge in [-0.1, -0.05) is 238 Å². The molecule has 0 radical (unpaired) electrons. The average Bonchev–Trinajstić information content (AvgIpc) is 2.09. The summed E-state index contributed by atoms with van der Waals surface area (Å²) < 4.78 is 0. The summed E-state index contributed by atoms with van der Waals surface area (Å²) in [5, 5.41) is 32.2. The molecule has 0 unspecified atom stereocenters. The summed E-state index contributed by atoms with van der Waals surface area (Å²) in [6.45, 7) is 18.8. The third-order valence-electron chi connectivity index (χ3n) is 20.3. The van der Waals surface area contributed by atoms with Crippen molar-refractivity contribution in [2.75, 3.05) is 0 Å². The van der Waals surface area contributed by atoms with Crippen molar-refractivity contribution >= 4 is 118 Å². The van der Waals surface area contributed by atoms with Crippen molar-refractivity contribution in [2.45, 2.75) is 197 Å². The predicted molar refractivity (Wildman–Crippen MR) is 357 cm³/mol. The third-order valence-corrected chi connectivity index (χ3v) is 20.3. The van der Waals surface area contributed by atoms with Crippen molar-refractivity contribution in [1.82, 2.24) is 0 Å². The molecule has 80 heavy (non-hydrogen) atoms. The molecule has 0 atom stereocenters. The van der Waals surface area contributed by atoms with Crippen LogP contribution in [0.25, 0.3) is 141 Å². The topological polar surface area (TPSA) is 0 Å². The fourth-order valence-electron chi connectivity index (χ4n) is 17.0. The van der Waals surface area contributed by atoms with Crippen molar-refractivity contribution in [3.63, 3.8) is 0 Å². The molecule has 0 spiro atoms. The van der Waals surface area contributed by atoms with Gasteiger partial charge < -0.3 is 0 Å². The number of rotatable bonds is 24. The molecular formula is C80H84. The second kappa shape index (κ2) is 20.8. The summed E-state index contributed by atoms with van der Waals surface area (Å²) in [7, 11) is 0. The van der Waals surface area contributed by atoms with E-state index in [1.165, 1.54) is 314 Å². The van der Waals surface area contributed by atoms with E-state index in [0.717, 1.165) is 12.8 Å². The highest BCUT2D eigenvalue weighted by molar-refractivity contribution is 6.59. The number of hydrogen-bond acceptors (Lipinski definition) is 0. The first-order chi connectivity index (χ1) is 39.2. The largest absolute Gasteiger partial charge is 0.0654 e.